The summed E-state index contributed by atoms with van der Waals surface area (Å²) in [6.45, 7) is 1.39. The summed E-state index contributed by atoms with van der Waals surface area (Å²) in [4.78, 5) is 12.3. The summed E-state index contributed by atoms with van der Waals surface area (Å²) in [5, 5.41) is 12.9. The monoisotopic (exact) mass is 384 g/mol. The number of carbonyl (C=O) groups is 1. The van der Waals surface area contributed by atoms with Gasteiger partial charge in [0.05, 0.1) is 0 Å². The number of amides is 1. The average molecular weight is 384 g/mol. The van der Waals surface area contributed by atoms with Crippen LogP contribution in [0.25, 0.3) is 22.0 Å². The molecule has 3 aromatic carbocycles. The Bertz CT molecular complexity index is 1120. The highest BCUT2D eigenvalue weighted by Gasteiger charge is 2.08. The number of benzene rings is 3. The van der Waals surface area contributed by atoms with Crippen LogP contribution in [0, 0.1) is 0 Å². The van der Waals surface area contributed by atoms with Crippen molar-refractivity contribution in [1.82, 2.24) is 9.88 Å². The van der Waals surface area contributed by atoms with Crippen LogP contribution < -0.4 is 5.32 Å². The Hall–Kier alpha value is -3.37. The topological polar surface area (TPSA) is 54.3 Å². The number of aliphatic hydroxyl groups excluding tert-OH is 1. The second-order valence-corrected chi connectivity index (χ2v) is 7.12. The number of carbonyl (C=O) groups excluding carboxylic acids is 1. The normalized spacial score (nSPS) is 10.9. The molecular formula is C25H24N2O2. The Morgan fingerprint density at radius 1 is 0.897 bits per heavy atom. The van der Waals surface area contributed by atoms with Gasteiger partial charge in [0.25, 0.3) is 5.91 Å². The number of hydrogen-bond donors (Lipinski definition) is 2. The van der Waals surface area contributed by atoms with Crippen molar-refractivity contribution >= 4 is 16.8 Å². The highest BCUT2D eigenvalue weighted by atomic mass is 16.3. The molecule has 0 saturated heterocycles. The van der Waals surface area contributed by atoms with Crippen molar-refractivity contribution in [2.24, 2.45) is 0 Å². The zero-order chi connectivity index (χ0) is 20.1. The van der Waals surface area contributed by atoms with E-state index in [0.29, 0.717) is 18.5 Å². The zero-order valence-electron chi connectivity index (χ0n) is 16.2. The van der Waals surface area contributed by atoms with Gasteiger partial charge in [-0.15, -0.1) is 0 Å². The molecule has 0 unspecified atom stereocenters. The van der Waals surface area contributed by atoms with Crippen LogP contribution in [0.4, 0.5) is 0 Å². The molecule has 0 fully saturated rings. The number of fused-ring (bicyclic) bond motifs is 1. The van der Waals surface area contributed by atoms with Crippen LogP contribution in [0.15, 0.2) is 85.1 Å². The van der Waals surface area contributed by atoms with E-state index in [1.165, 1.54) is 16.5 Å². The lowest BCUT2D eigenvalue weighted by Gasteiger charge is -2.09. The van der Waals surface area contributed by atoms with E-state index in [1.807, 2.05) is 30.3 Å². The molecule has 1 amide bonds. The molecule has 1 heterocycles. The molecule has 4 nitrogen and oxygen atoms in total. The summed E-state index contributed by atoms with van der Waals surface area (Å²) >= 11 is 0. The largest absolute Gasteiger partial charge is 0.396 e. The molecule has 0 aliphatic carbocycles. The number of rotatable bonds is 7. The molecule has 4 heteroatoms. The summed E-state index contributed by atoms with van der Waals surface area (Å²) in [7, 11) is 0. The Kier molecular flexibility index (Phi) is 5.73. The van der Waals surface area contributed by atoms with Gasteiger partial charge >= 0.3 is 0 Å². The van der Waals surface area contributed by atoms with Gasteiger partial charge in [0.15, 0.2) is 0 Å². The maximum atomic E-state index is 12.3. The van der Waals surface area contributed by atoms with Crippen molar-refractivity contribution in [3.05, 3.63) is 96.2 Å². The standard InChI is InChI=1S/C25H24N2O2/c28-15-5-13-26-25(29)23-9-4-8-20(17-23)21-10-11-24-22(16-21)12-14-27(24)18-19-6-2-1-3-7-19/h1-4,6-12,14,16-17,28H,5,13,15,18H2,(H,26,29). The smallest absolute Gasteiger partial charge is 0.251 e. The molecule has 29 heavy (non-hydrogen) atoms. The third-order valence-electron chi connectivity index (χ3n) is 5.05. The van der Waals surface area contributed by atoms with Gasteiger partial charge < -0.3 is 15.0 Å². The highest BCUT2D eigenvalue weighted by Crippen LogP contribution is 2.26. The first kappa shape index (κ1) is 19.0. The van der Waals surface area contributed by atoms with E-state index in [1.54, 1.807) is 0 Å². The highest BCUT2D eigenvalue weighted by molar-refractivity contribution is 5.96. The third-order valence-corrected chi connectivity index (χ3v) is 5.05. The van der Waals surface area contributed by atoms with Crippen molar-refractivity contribution in [3.63, 3.8) is 0 Å². The molecule has 4 aromatic rings. The van der Waals surface area contributed by atoms with E-state index in [0.717, 1.165) is 17.7 Å². The van der Waals surface area contributed by atoms with E-state index in [2.05, 4.69) is 64.6 Å². The fraction of sp³-hybridized carbons (Fsp3) is 0.160. The number of hydrogen-bond acceptors (Lipinski definition) is 2. The van der Waals surface area contributed by atoms with Crippen LogP contribution in [0.3, 0.4) is 0 Å². The predicted molar refractivity (Wildman–Crippen MR) is 117 cm³/mol. The van der Waals surface area contributed by atoms with E-state index >= 15 is 0 Å². The Morgan fingerprint density at radius 3 is 2.55 bits per heavy atom. The van der Waals surface area contributed by atoms with Crippen molar-refractivity contribution in [2.75, 3.05) is 13.2 Å². The van der Waals surface area contributed by atoms with Gasteiger partial charge in [-0.25, -0.2) is 0 Å². The lowest BCUT2D eigenvalue weighted by Crippen LogP contribution is -2.24. The lowest BCUT2D eigenvalue weighted by atomic mass is 10.0. The first-order chi connectivity index (χ1) is 14.2. The number of nitrogens with one attached hydrogen (secondary N) is 1. The quantitative estimate of drug-likeness (QED) is 0.462. The van der Waals surface area contributed by atoms with Crippen molar-refractivity contribution in [1.29, 1.82) is 0 Å². The molecule has 4 rings (SSSR count). The minimum absolute atomic E-state index is 0.0737. The van der Waals surface area contributed by atoms with Gasteiger partial charge in [-0.2, -0.15) is 0 Å². The van der Waals surface area contributed by atoms with Gasteiger partial charge in [-0.1, -0.05) is 48.5 Å². The first-order valence-electron chi connectivity index (χ1n) is 9.87. The number of nitrogens with zero attached hydrogens (tertiary/aromatic N) is 1. The molecule has 0 bridgehead atoms. The minimum Gasteiger partial charge on any atom is -0.396 e. The Labute approximate surface area is 170 Å². The van der Waals surface area contributed by atoms with Gasteiger partial charge in [-0.3, -0.25) is 4.79 Å². The summed E-state index contributed by atoms with van der Waals surface area (Å²) in [5.74, 6) is -0.115. The lowest BCUT2D eigenvalue weighted by molar-refractivity contribution is 0.0951. The molecule has 2 N–H and O–H groups in total. The van der Waals surface area contributed by atoms with Gasteiger partial charge in [0, 0.05) is 42.4 Å². The molecule has 0 atom stereocenters. The van der Waals surface area contributed by atoms with E-state index in [-0.39, 0.29) is 12.5 Å². The minimum atomic E-state index is -0.115. The van der Waals surface area contributed by atoms with Crippen LogP contribution in [0.2, 0.25) is 0 Å². The maximum Gasteiger partial charge on any atom is 0.251 e. The van der Waals surface area contributed by atoms with Crippen LogP contribution in [0.1, 0.15) is 22.3 Å². The fourth-order valence-electron chi connectivity index (χ4n) is 3.52. The molecule has 0 saturated carbocycles. The fourth-order valence-corrected chi connectivity index (χ4v) is 3.52. The zero-order valence-corrected chi connectivity index (χ0v) is 16.2. The number of aliphatic hydroxyl groups is 1. The molecule has 0 aliphatic rings. The second-order valence-electron chi connectivity index (χ2n) is 7.12. The van der Waals surface area contributed by atoms with Crippen molar-refractivity contribution in [2.45, 2.75) is 13.0 Å². The van der Waals surface area contributed by atoms with Crippen LogP contribution in [-0.2, 0) is 6.54 Å². The van der Waals surface area contributed by atoms with Gasteiger partial charge in [0.2, 0.25) is 0 Å². The van der Waals surface area contributed by atoms with E-state index in [9.17, 15) is 4.79 Å². The number of aromatic nitrogens is 1. The van der Waals surface area contributed by atoms with Gasteiger partial charge in [0.1, 0.15) is 0 Å². The predicted octanol–water partition coefficient (Wildman–Crippen LogP) is 4.47. The molecular weight excluding hydrogens is 360 g/mol. The molecule has 0 aliphatic heterocycles. The second kappa shape index (κ2) is 8.76. The van der Waals surface area contributed by atoms with Crippen LogP contribution in [0.5, 0.6) is 0 Å². The van der Waals surface area contributed by atoms with Crippen molar-refractivity contribution < 1.29 is 9.90 Å². The van der Waals surface area contributed by atoms with Gasteiger partial charge in [-0.05, 0) is 53.4 Å². The maximum absolute atomic E-state index is 12.3. The summed E-state index contributed by atoms with van der Waals surface area (Å²) in [6.07, 6.45) is 2.68. The van der Waals surface area contributed by atoms with Crippen LogP contribution in [-0.4, -0.2) is 28.7 Å². The summed E-state index contributed by atoms with van der Waals surface area (Å²) in [6, 6.07) is 26.6. The van der Waals surface area contributed by atoms with E-state index in [4.69, 9.17) is 5.11 Å². The van der Waals surface area contributed by atoms with Crippen LogP contribution >= 0.6 is 0 Å². The Morgan fingerprint density at radius 2 is 1.72 bits per heavy atom. The molecule has 0 spiro atoms. The van der Waals surface area contributed by atoms with Crippen molar-refractivity contribution in [3.8, 4) is 11.1 Å². The Balaban J connectivity index is 1.57. The average Bonchev–Trinajstić information content (AvgIpc) is 3.16. The van der Waals surface area contributed by atoms with E-state index < -0.39 is 0 Å². The third kappa shape index (κ3) is 4.39. The molecule has 0 radical (unpaired) electrons. The SMILES string of the molecule is O=C(NCCCO)c1cccc(-c2ccc3c(ccn3Cc3ccccc3)c2)c1. The summed E-state index contributed by atoms with van der Waals surface area (Å²) in [5.41, 5.74) is 5.18. The molecule has 1 aromatic heterocycles. The molecule has 146 valence electrons. The first-order valence-corrected chi connectivity index (χ1v) is 9.87. The summed E-state index contributed by atoms with van der Waals surface area (Å²) < 4.78 is 2.25.